The van der Waals surface area contributed by atoms with E-state index in [2.05, 4.69) is 30.9 Å². The lowest BCUT2D eigenvalue weighted by molar-refractivity contribution is 0.310. The number of ether oxygens (including phenoxy) is 2. The van der Waals surface area contributed by atoms with Crippen LogP contribution in [0.3, 0.4) is 0 Å². The minimum absolute atomic E-state index is 0.0554. The van der Waals surface area contributed by atoms with Gasteiger partial charge in [-0.25, -0.2) is 0 Å². The molecule has 0 atom stereocenters. The maximum Gasteiger partial charge on any atom is 0.233 e. The first-order valence-electron chi connectivity index (χ1n) is 7.64. The van der Waals surface area contributed by atoms with Gasteiger partial charge in [0.15, 0.2) is 0 Å². The van der Waals surface area contributed by atoms with E-state index in [-0.39, 0.29) is 19.2 Å². The van der Waals surface area contributed by atoms with E-state index in [0.29, 0.717) is 42.2 Å². The van der Waals surface area contributed by atoms with Crippen molar-refractivity contribution in [1.82, 2.24) is 15.0 Å². The molecule has 0 aliphatic rings. The van der Waals surface area contributed by atoms with E-state index in [1.165, 1.54) is 0 Å². The van der Waals surface area contributed by atoms with E-state index < -0.39 is 0 Å². The Kier molecular flexibility index (Phi) is 6.99. The molecule has 25 heavy (non-hydrogen) atoms. The van der Waals surface area contributed by atoms with E-state index in [4.69, 9.17) is 19.7 Å². The molecule has 0 radical (unpaired) electrons. The fourth-order valence-corrected chi connectivity index (χ4v) is 1.95. The largest absolute Gasteiger partial charge is 0.497 e. The summed E-state index contributed by atoms with van der Waals surface area (Å²) in [7, 11) is 3.13. The molecule has 2 aromatic rings. The fraction of sp³-hybridized carbons (Fsp3) is 0.400. The summed E-state index contributed by atoms with van der Waals surface area (Å²) in [5, 5.41) is 26.7. The van der Waals surface area contributed by atoms with Gasteiger partial charge >= 0.3 is 0 Å². The van der Waals surface area contributed by atoms with Crippen molar-refractivity contribution in [3.8, 4) is 11.5 Å². The van der Waals surface area contributed by atoms with Crippen LogP contribution in [0, 0.1) is 0 Å². The van der Waals surface area contributed by atoms with E-state index >= 15 is 0 Å². The maximum absolute atomic E-state index is 8.93. The molecule has 0 fully saturated rings. The zero-order valence-corrected chi connectivity index (χ0v) is 14.1. The number of aromatic nitrogens is 3. The van der Waals surface area contributed by atoms with Crippen molar-refractivity contribution in [2.24, 2.45) is 0 Å². The molecule has 136 valence electrons. The Morgan fingerprint density at radius 2 is 1.48 bits per heavy atom. The van der Waals surface area contributed by atoms with Gasteiger partial charge in [0, 0.05) is 19.2 Å². The number of rotatable bonds is 10. The molecule has 1 heterocycles. The summed E-state index contributed by atoms with van der Waals surface area (Å²) < 4.78 is 10.5. The lowest BCUT2D eigenvalue weighted by Gasteiger charge is -2.13. The second-order valence-corrected chi connectivity index (χ2v) is 4.80. The summed E-state index contributed by atoms with van der Waals surface area (Å²) in [5.74, 6) is 2.08. The predicted octanol–water partition coefficient (Wildman–Crippen LogP) is 0.441. The summed E-state index contributed by atoms with van der Waals surface area (Å²) in [4.78, 5) is 12.7. The summed E-state index contributed by atoms with van der Waals surface area (Å²) >= 11 is 0. The molecule has 1 aromatic carbocycles. The van der Waals surface area contributed by atoms with E-state index in [0.717, 1.165) is 0 Å². The number of nitrogens with zero attached hydrogens (tertiary/aromatic N) is 3. The summed E-state index contributed by atoms with van der Waals surface area (Å²) in [6.07, 6.45) is 0. The number of hydrogen-bond acceptors (Lipinski definition) is 10. The number of nitrogens with one attached hydrogen (secondary N) is 3. The highest BCUT2D eigenvalue weighted by Crippen LogP contribution is 2.30. The Bertz CT molecular complexity index is 659. The van der Waals surface area contributed by atoms with Gasteiger partial charge in [0.2, 0.25) is 17.8 Å². The lowest BCUT2D eigenvalue weighted by Crippen LogP contribution is -2.15. The average molecular weight is 350 g/mol. The van der Waals surface area contributed by atoms with Crippen LogP contribution in [0.2, 0.25) is 0 Å². The first-order valence-corrected chi connectivity index (χ1v) is 7.64. The third-order valence-corrected chi connectivity index (χ3v) is 3.08. The lowest BCUT2D eigenvalue weighted by atomic mass is 10.2. The van der Waals surface area contributed by atoms with Crippen LogP contribution in [0.25, 0.3) is 0 Å². The molecule has 0 spiro atoms. The van der Waals surface area contributed by atoms with Gasteiger partial charge in [-0.1, -0.05) is 0 Å². The molecule has 0 aliphatic carbocycles. The molecular weight excluding hydrogens is 328 g/mol. The number of benzene rings is 1. The van der Waals surface area contributed by atoms with Crippen LogP contribution in [0.1, 0.15) is 0 Å². The Morgan fingerprint density at radius 1 is 0.880 bits per heavy atom. The van der Waals surface area contributed by atoms with Gasteiger partial charge in [0.1, 0.15) is 11.5 Å². The highest BCUT2D eigenvalue weighted by Gasteiger charge is 2.10. The van der Waals surface area contributed by atoms with E-state index in [9.17, 15) is 0 Å². The minimum Gasteiger partial charge on any atom is -0.497 e. The zero-order chi connectivity index (χ0) is 18.1. The molecule has 10 heteroatoms. The molecule has 5 N–H and O–H groups in total. The minimum atomic E-state index is -0.0554. The molecule has 0 saturated heterocycles. The number of aliphatic hydroxyl groups excluding tert-OH is 2. The van der Waals surface area contributed by atoms with Gasteiger partial charge in [-0.3, -0.25) is 0 Å². The topological polar surface area (TPSA) is 134 Å². The van der Waals surface area contributed by atoms with Crippen molar-refractivity contribution in [3.05, 3.63) is 18.2 Å². The van der Waals surface area contributed by atoms with Crippen LogP contribution in [-0.4, -0.2) is 65.7 Å². The Morgan fingerprint density at radius 3 is 2.00 bits per heavy atom. The standard InChI is InChI=1S/C15H22N6O4/c1-24-10-3-4-11(12(9-10)25-2)18-15-20-13(16-5-7-22)19-14(21-15)17-6-8-23/h3-4,9,22-23H,5-8H2,1-2H3,(H3,16,17,18,19,20,21). The van der Waals surface area contributed by atoms with Crippen molar-refractivity contribution in [1.29, 1.82) is 0 Å². The first-order chi connectivity index (χ1) is 12.2. The van der Waals surface area contributed by atoms with E-state index in [1.807, 2.05) is 0 Å². The van der Waals surface area contributed by atoms with E-state index in [1.54, 1.807) is 32.4 Å². The SMILES string of the molecule is COc1ccc(Nc2nc(NCCO)nc(NCCO)n2)c(OC)c1. The second-order valence-electron chi connectivity index (χ2n) is 4.80. The van der Waals surface area contributed by atoms with Crippen LogP contribution < -0.4 is 25.4 Å². The third-order valence-electron chi connectivity index (χ3n) is 3.08. The van der Waals surface area contributed by atoms with Crippen LogP contribution in [0.15, 0.2) is 18.2 Å². The van der Waals surface area contributed by atoms with Crippen LogP contribution in [-0.2, 0) is 0 Å². The molecule has 0 bridgehead atoms. The summed E-state index contributed by atoms with van der Waals surface area (Å²) in [6, 6.07) is 5.30. The molecule has 1 aromatic heterocycles. The van der Waals surface area contributed by atoms with Gasteiger partial charge in [-0.15, -0.1) is 0 Å². The Balaban J connectivity index is 2.27. The van der Waals surface area contributed by atoms with Crippen molar-refractivity contribution in [2.45, 2.75) is 0 Å². The quantitative estimate of drug-likeness (QED) is 0.411. The van der Waals surface area contributed by atoms with Crippen LogP contribution in [0.4, 0.5) is 23.5 Å². The van der Waals surface area contributed by atoms with Gasteiger partial charge < -0.3 is 35.6 Å². The molecule has 0 saturated carbocycles. The van der Waals surface area contributed by atoms with Gasteiger partial charge in [-0.05, 0) is 12.1 Å². The fourth-order valence-electron chi connectivity index (χ4n) is 1.95. The maximum atomic E-state index is 8.93. The molecule has 0 unspecified atom stereocenters. The number of hydrogen-bond donors (Lipinski definition) is 5. The highest BCUT2D eigenvalue weighted by atomic mass is 16.5. The van der Waals surface area contributed by atoms with Crippen molar-refractivity contribution in [2.75, 3.05) is 56.5 Å². The zero-order valence-electron chi connectivity index (χ0n) is 14.1. The van der Waals surface area contributed by atoms with Crippen molar-refractivity contribution in [3.63, 3.8) is 0 Å². The summed E-state index contributed by atoms with van der Waals surface area (Å²) in [6.45, 7) is 0.490. The van der Waals surface area contributed by atoms with Gasteiger partial charge in [0.25, 0.3) is 0 Å². The molecule has 0 aliphatic heterocycles. The Hall–Kier alpha value is -2.85. The third kappa shape index (κ3) is 5.33. The van der Waals surface area contributed by atoms with Crippen molar-refractivity contribution < 1.29 is 19.7 Å². The number of aliphatic hydroxyl groups is 2. The monoisotopic (exact) mass is 350 g/mol. The predicted molar refractivity (Wildman–Crippen MR) is 93.8 cm³/mol. The summed E-state index contributed by atoms with van der Waals surface area (Å²) in [5.41, 5.74) is 0.649. The number of anilines is 4. The van der Waals surface area contributed by atoms with Crippen molar-refractivity contribution >= 4 is 23.5 Å². The van der Waals surface area contributed by atoms with Crippen LogP contribution >= 0.6 is 0 Å². The number of methoxy groups -OCH3 is 2. The molecular formula is C15H22N6O4. The Labute approximate surface area is 145 Å². The average Bonchev–Trinajstić information content (AvgIpc) is 2.65. The molecule has 10 nitrogen and oxygen atoms in total. The smallest absolute Gasteiger partial charge is 0.233 e. The normalized spacial score (nSPS) is 10.2. The first kappa shape index (κ1) is 18.5. The van der Waals surface area contributed by atoms with Gasteiger partial charge in [0.05, 0.1) is 33.1 Å². The second kappa shape index (κ2) is 9.45. The van der Waals surface area contributed by atoms with Crippen LogP contribution in [0.5, 0.6) is 11.5 Å². The molecule has 0 amide bonds. The molecule has 2 rings (SSSR count). The van der Waals surface area contributed by atoms with Gasteiger partial charge in [-0.2, -0.15) is 15.0 Å². The highest BCUT2D eigenvalue weighted by molar-refractivity contribution is 5.65.